The van der Waals surface area contributed by atoms with Crippen molar-refractivity contribution in [3.8, 4) is 5.75 Å². The van der Waals surface area contributed by atoms with Crippen molar-refractivity contribution in [2.45, 2.75) is 19.8 Å². The number of phenolic OH excluding ortho intramolecular Hbond substituents is 1. The number of esters is 1. The van der Waals surface area contributed by atoms with Gasteiger partial charge in [-0.2, -0.15) is 4.99 Å². The summed E-state index contributed by atoms with van der Waals surface area (Å²) in [7, 11) is 0. The monoisotopic (exact) mass is 277 g/mol. The van der Waals surface area contributed by atoms with E-state index < -0.39 is 0 Å². The maximum Gasteiger partial charge on any atom is 0.330 e. The van der Waals surface area contributed by atoms with Crippen molar-refractivity contribution >= 4 is 29.0 Å². The molecule has 19 heavy (non-hydrogen) atoms. The topological polar surface area (TPSA) is 58.9 Å². The molecular formula is C14H15NO3S. The van der Waals surface area contributed by atoms with Crippen molar-refractivity contribution in [2.75, 3.05) is 6.61 Å². The van der Waals surface area contributed by atoms with E-state index in [0.717, 1.165) is 5.56 Å². The third-order valence-corrected chi connectivity index (χ3v) is 2.45. The Morgan fingerprint density at radius 1 is 1.58 bits per heavy atom. The summed E-state index contributed by atoms with van der Waals surface area (Å²) in [5.74, 6) is -0.154. The maximum absolute atomic E-state index is 11.1. The fraction of sp³-hybridized carbons (Fsp3) is 0.286. The Kier molecular flexibility index (Phi) is 6.50. The molecule has 0 amide bonds. The molecule has 1 aromatic rings. The van der Waals surface area contributed by atoms with Gasteiger partial charge in [0.1, 0.15) is 5.75 Å². The lowest BCUT2D eigenvalue weighted by Crippen LogP contribution is -1.98. The van der Waals surface area contributed by atoms with Gasteiger partial charge in [-0.1, -0.05) is 6.08 Å². The lowest BCUT2D eigenvalue weighted by Gasteiger charge is -2.03. The number of aliphatic imine (C=N–C) groups is 1. The fourth-order valence-electron chi connectivity index (χ4n) is 1.50. The van der Waals surface area contributed by atoms with Gasteiger partial charge in [-0.3, -0.25) is 0 Å². The number of thiocarbonyl (C=S) groups is 1. The number of phenols is 1. The molecule has 1 aromatic carbocycles. The Morgan fingerprint density at radius 3 is 3.05 bits per heavy atom. The number of benzene rings is 1. The van der Waals surface area contributed by atoms with Crippen LogP contribution in [-0.2, 0) is 16.0 Å². The normalized spacial score (nSPS) is 10.2. The Balaban J connectivity index is 2.59. The molecule has 0 aliphatic carbocycles. The highest BCUT2D eigenvalue weighted by Gasteiger charge is 2.02. The molecule has 0 aliphatic rings. The quantitative estimate of drug-likeness (QED) is 0.375. The number of aryl methyl sites for hydroxylation is 1. The minimum absolute atomic E-state index is 0.202. The average Bonchev–Trinajstić information content (AvgIpc) is 2.39. The number of ether oxygens (including phenoxy) is 1. The third kappa shape index (κ3) is 5.46. The number of hydrogen-bond donors (Lipinski definition) is 1. The molecule has 1 N–H and O–H groups in total. The minimum atomic E-state index is -0.356. The van der Waals surface area contributed by atoms with Crippen molar-refractivity contribution in [2.24, 2.45) is 4.99 Å². The summed E-state index contributed by atoms with van der Waals surface area (Å²) in [6, 6.07) is 4.97. The molecule has 0 radical (unpaired) electrons. The minimum Gasteiger partial charge on any atom is -0.508 e. The smallest absolute Gasteiger partial charge is 0.330 e. The first-order valence-corrected chi connectivity index (χ1v) is 6.31. The van der Waals surface area contributed by atoms with Gasteiger partial charge in [0.15, 0.2) is 0 Å². The Labute approximate surface area is 117 Å². The van der Waals surface area contributed by atoms with Crippen molar-refractivity contribution in [3.63, 3.8) is 0 Å². The summed E-state index contributed by atoms with van der Waals surface area (Å²) in [4.78, 5) is 14.9. The summed E-state index contributed by atoms with van der Waals surface area (Å²) in [5, 5.41) is 12.0. The molecule has 0 atom stereocenters. The van der Waals surface area contributed by atoms with Crippen LogP contribution in [0.2, 0.25) is 0 Å². The third-order valence-electron chi connectivity index (χ3n) is 2.36. The van der Waals surface area contributed by atoms with Crippen LogP contribution < -0.4 is 0 Å². The molecule has 0 fully saturated rings. The Morgan fingerprint density at radius 2 is 2.37 bits per heavy atom. The molecule has 5 heteroatoms. The van der Waals surface area contributed by atoms with Crippen LogP contribution in [0.3, 0.4) is 0 Å². The number of hydrogen-bond acceptors (Lipinski definition) is 5. The lowest BCUT2D eigenvalue weighted by molar-refractivity contribution is -0.137. The van der Waals surface area contributed by atoms with Crippen molar-refractivity contribution < 1.29 is 14.6 Å². The van der Waals surface area contributed by atoms with E-state index >= 15 is 0 Å². The molecule has 1 rings (SSSR count). The lowest BCUT2D eigenvalue weighted by atomic mass is 10.1. The number of allylic oxidation sites excluding steroid dienone is 1. The van der Waals surface area contributed by atoms with E-state index in [-0.39, 0.29) is 11.7 Å². The molecule has 0 saturated carbocycles. The molecule has 0 aromatic heterocycles. The van der Waals surface area contributed by atoms with Crippen LogP contribution in [0.1, 0.15) is 18.9 Å². The molecule has 0 saturated heterocycles. The molecular weight excluding hydrogens is 262 g/mol. The van der Waals surface area contributed by atoms with E-state index in [1.165, 1.54) is 6.08 Å². The van der Waals surface area contributed by atoms with Crippen LogP contribution in [0.4, 0.5) is 5.69 Å². The molecule has 4 nitrogen and oxygen atoms in total. The van der Waals surface area contributed by atoms with Gasteiger partial charge in [-0.05, 0) is 55.7 Å². The first-order chi connectivity index (χ1) is 9.17. The summed E-state index contributed by atoms with van der Waals surface area (Å²) in [5.41, 5.74) is 1.40. The van der Waals surface area contributed by atoms with Crippen molar-refractivity contribution in [1.29, 1.82) is 0 Å². The zero-order valence-electron chi connectivity index (χ0n) is 10.6. The maximum atomic E-state index is 11.1. The predicted molar refractivity (Wildman–Crippen MR) is 76.9 cm³/mol. The zero-order valence-corrected chi connectivity index (χ0v) is 11.4. The first-order valence-electron chi connectivity index (χ1n) is 5.90. The number of carbonyl (C=O) groups excluding carboxylic acids is 1. The van der Waals surface area contributed by atoms with Crippen molar-refractivity contribution in [3.05, 3.63) is 35.9 Å². The van der Waals surface area contributed by atoms with E-state index in [0.29, 0.717) is 25.1 Å². The molecule has 100 valence electrons. The fourth-order valence-corrected chi connectivity index (χ4v) is 1.61. The van der Waals surface area contributed by atoms with Crippen molar-refractivity contribution in [1.82, 2.24) is 0 Å². The van der Waals surface area contributed by atoms with Gasteiger partial charge in [0.05, 0.1) is 17.5 Å². The summed E-state index contributed by atoms with van der Waals surface area (Å²) >= 11 is 4.53. The van der Waals surface area contributed by atoms with E-state index in [4.69, 9.17) is 4.74 Å². The second-order valence-electron chi connectivity index (χ2n) is 3.71. The predicted octanol–water partition coefficient (Wildman–Crippen LogP) is 3.18. The van der Waals surface area contributed by atoms with Crippen LogP contribution >= 0.6 is 12.2 Å². The standard InChI is InChI=1S/C14H15NO3S/c1-2-18-14(17)6-4-3-5-11-9-12(15-10-19)7-8-13(11)16/h4,6-9,16H,2-3,5H2,1H3. The highest BCUT2D eigenvalue weighted by atomic mass is 32.1. The zero-order chi connectivity index (χ0) is 14.1. The van der Waals surface area contributed by atoms with E-state index in [9.17, 15) is 9.90 Å². The molecule has 0 heterocycles. The van der Waals surface area contributed by atoms with Crippen LogP contribution in [0, 0.1) is 0 Å². The van der Waals surface area contributed by atoms with E-state index in [1.54, 1.807) is 31.2 Å². The Hall–Kier alpha value is -1.97. The number of rotatable bonds is 6. The molecule has 0 aliphatic heterocycles. The first kappa shape index (κ1) is 15.1. The van der Waals surface area contributed by atoms with Gasteiger partial charge >= 0.3 is 5.97 Å². The number of aromatic hydroxyl groups is 1. The largest absolute Gasteiger partial charge is 0.508 e. The van der Waals surface area contributed by atoms with Crippen LogP contribution in [0.5, 0.6) is 5.75 Å². The van der Waals surface area contributed by atoms with Gasteiger partial charge in [0, 0.05) is 6.08 Å². The molecule has 0 unspecified atom stereocenters. The number of isothiocyanates is 1. The van der Waals surface area contributed by atoms with Gasteiger partial charge in [0.2, 0.25) is 0 Å². The van der Waals surface area contributed by atoms with E-state index in [1.807, 2.05) is 0 Å². The number of nitrogens with zero attached hydrogens (tertiary/aromatic N) is 1. The van der Waals surface area contributed by atoms with Gasteiger partial charge in [-0.15, -0.1) is 0 Å². The average molecular weight is 277 g/mol. The second-order valence-corrected chi connectivity index (χ2v) is 3.89. The highest BCUT2D eigenvalue weighted by molar-refractivity contribution is 7.78. The van der Waals surface area contributed by atoms with E-state index in [2.05, 4.69) is 22.4 Å². The van der Waals surface area contributed by atoms with Gasteiger partial charge in [-0.25, -0.2) is 4.79 Å². The second kappa shape index (κ2) is 8.19. The van der Waals surface area contributed by atoms with Gasteiger partial charge in [0.25, 0.3) is 0 Å². The Bertz CT molecular complexity index is 519. The molecule has 0 bridgehead atoms. The SMILES string of the molecule is CCOC(=O)C=CCCc1cc(N=C=S)ccc1O. The summed E-state index contributed by atoms with van der Waals surface area (Å²) in [6.45, 7) is 2.12. The highest BCUT2D eigenvalue weighted by Crippen LogP contribution is 2.24. The summed E-state index contributed by atoms with van der Waals surface area (Å²) < 4.78 is 4.76. The summed E-state index contributed by atoms with van der Waals surface area (Å²) in [6.07, 6.45) is 4.33. The van der Waals surface area contributed by atoms with Crippen LogP contribution in [0.25, 0.3) is 0 Å². The molecule has 0 spiro atoms. The number of carbonyl (C=O) groups is 1. The van der Waals surface area contributed by atoms with Crippen LogP contribution in [-0.4, -0.2) is 22.8 Å². The van der Waals surface area contributed by atoms with Crippen LogP contribution in [0.15, 0.2) is 35.3 Å². The van der Waals surface area contributed by atoms with Gasteiger partial charge < -0.3 is 9.84 Å².